The highest BCUT2D eigenvalue weighted by Crippen LogP contribution is 2.33. The quantitative estimate of drug-likeness (QED) is 0.884. The lowest BCUT2D eigenvalue weighted by molar-refractivity contribution is -0.128. The van der Waals surface area contributed by atoms with Crippen LogP contribution in [-0.4, -0.2) is 35.6 Å². The lowest BCUT2D eigenvalue weighted by atomic mass is 9.97. The molecule has 124 valence electrons. The van der Waals surface area contributed by atoms with Crippen molar-refractivity contribution in [3.05, 3.63) is 29.3 Å². The first kappa shape index (κ1) is 16.3. The molecule has 1 aliphatic heterocycles. The van der Waals surface area contributed by atoms with E-state index in [-0.39, 0.29) is 24.8 Å². The van der Waals surface area contributed by atoms with Gasteiger partial charge in [0.1, 0.15) is 0 Å². The van der Waals surface area contributed by atoms with E-state index >= 15 is 0 Å². The molecule has 1 aromatic carbocycles. The Morgan fingerprint density at radius 2 is 2.04 bits per heavy atom. The molecule has 5 nitrogen and oxygen atoms in total. The Kier molecular flexibility index (Phi) is 4.60. The number of para-hydroxylation sites is 1. The molecule has 1 saturated heterocycles. The monoisotopic (exact) mass is 336 g/mol. The van der Waals surface area contributed by atoms with E-state index in [0.717, 1.165) is 25.7 Å². The number of benzene rings is 1. The van der Waals surface area contributed by atoms with Crippen molar-refractivity contribution in [3.8, 4) is 0 Å². The van der Waals surface area contributed by atoms with Crippen molar-refractivity contribution in [1.29, 1.82) is 0 Å². The van der Waals surface area contributed by atoms with Crippen molar-refractivity contribution < 1.29 is 14.7 Å². The summed E-state index contributed by atoms with van der Waals surface area (Å²) in [7, 11) is 0. The van der Waals surface area contributed by atoms with Crippen molar-refractivity contribution in [1.82, 2.24) is 5.32 Å². The fraction of sp³-hybridized carbons (Fsp3) is 0.529. The minimum Gasteiger partial charge on any atom is -0.394 e. The first-order valence-corrected chi connectivity index (χ1v) is 8.40. The third kappa shape index (κ3) is 3.21. The third-order valence-electron chi connectivity index (χ3n) is 4.89. The maximum atomic E-state index is 12.5. The van der Waals surface area contributed by atoms with E-state index in [1.165, 1.54) is 0 Å². The zero-order valence-corrected chi connectivity index (χ0v) is 13.7. The Morgan fingerprint density at radius 1 is 1.35 bits per heavy atom. The van der Waals surface area contributed by atoms with Crippen LogP contribution in [0, 0.1) is 5.92 Å². The van der Waals surface area contributed by atoms with Crippen LogP contribution in [0.15, 0.2) is 24.3 Å². The predicted octanol–water partition coefficient (Wildman–Crippen LogP) is 2.11. The normalized spacial score (nSPS) is 23.3. The molecule has 2 amide bonds. The Morgan fingerprint density at radius 3 is 2.70 bits per heavy atom. The molecule has 0 spiro atoms. The standard InChI is InChI=1S/C17H21ClN2O3/c18-13-5-1-2-6-14(13)20-10-12(9-15(20)22)16(23)19-17(11-21)7-3-4-8-17/h1-2,5-6,12,21H,3-4,7-11H2,(H,19,23). The zero-order valence-electron chi connectivity index (χ0n) is 12.9. The van der Waals surface area contributed by atoms with Crippen LogP contribution in [-0.2, 0) is 9.59 Å². The second kappa shape index (κ2) is 6.49. The summed E-state index contributed by atoms with van der Waals surface area (Å²) >= 11 is 6.15. The van der Waals surface area contributed by atoms with E-state index in [1.807, 2.05) is 12.1 Å². The van der Waals surface area contributed by atoms with Gasteiger partial charge in [-0.15, -0.1) is 0 Å². The number of carbonyl (C=O) groups is 2. The molecule has 6 heteroatoms. The minimum atomic E-state index is -0.502. The van der Waals surface area contributed by atoms with Crippen molar-refractivity contribution in [3.63, 3.8) is 0 Å². The number of hydrogen-bond donors (Lipinski definition) is 2. The summed E-state index contributed by atoms with van der Waals surface area (Å²) in [6, 6.07) is 7.15. The van der Waals surface area contributed by atoms with E-state index < -0.39 is 11.5 Å². The second-order valence-corrected chi connectivity index (χ2v) is 6.90. The molecule has 1 aliphatic carbocycles. The van der Waals surface area contributed by atoms with Crippen LogP contribution in [0.25, 0.3) is 0 Å². The van der Waals surface area contributed by atoms with Crippen LogP contribution in [0.5, 0.6) is 0 Å². The number of halogens is 1. The summed E-state index contributed by atoms with van der Waals surface area (Å²) in [4.78, 5) is 26.4. The number of rotatable bonds is 4. The van der Waals surface area contributed by atoms with Gasteiger partial charge in [0.2, 0.25) is 11.8 Å². The van der Waals surface area contributed by atoms with E-state index in [4.69, 9.17) is 11.6 Å². The van der Waals surface area contributed by atoms with Crippen molar-refractivity contribution in [2.24, 2.45) is 5.92 Å². The van der Waals surface area contributed by atoms with Gasteiger partial charge < -0.3 is 15.3 Å². The number of aliphatic hydroxyl groups excluding tert-OH is 1. The highest BCUT2D eigenvalue weighted by atomic mass is 35.5. The molecule has 1 heterocycles. The van der Waals surface area contributed by atoms with E-state index in [9.17, 15) is 14.7 Å². The molecule has 1 aromatic rings. The molecule has 0 bridgehead atoms. The SMILES string of the molecule is O=C(NC1(CO)CCCC1)C1CC(=O)N(c2ccccc2Cl)C1. The first-order chi connectivity index (χ1) is 11.0. The second-order valence-electron chi connectivity index (χ2n) is 6.49. The van der Waals surface area contributed by atoms with Crippen LogP contribution in [0.3, 0.4) is 0 Å². The highest BCUT2D eigenvalue weighted by molar-refractivity contribution is 6.33. The molecule has 0 aromatic heterocycles. The number of hydrogen-bond acceptors (Lipinski definition) is 3. The van der Waals surface area contributed by atoms with Gasteiger partial charge in [-0.1, -0.05) is 36.6 Å². The zero-order chi connectivity index (χ0) is 16.4. The summed E-state index contributed by atoms with van der Waals surface area (Å²) < 4.78 is 0. The van der Waals surface area contributed by atoms with Gasteiger partial charge in [-0.3, -0.25) is 9.59 Å². The molecule has 3 rings (SSSR count). The third-order valence-corrected chi connectivity index (χ3v) is 5.21. The van der Waals surface area contributed by atoms with Crippen molar-refractivity contribution in [2.75, 3.05) is 18.1 Å². The van der Waals surface area contributed by atoms with Gasteiger partial charge in [0.25, 0.3) is 0 Å². The van der Waals surface area contributed by atoms with Crippen LogP contribution in [0.2, 0.25) is 5.02 Å². The lowest BCUT2D eigenvalue weighted by Gasteiger charge is -2.29. The van der Waals surface area contributed by atoms with Crippen LogP contribution >= 0.6 is 11.6 Å². The van der Waals surface area contributed by atoms with Crippen LogP contribution in [0.4, 0.5) is 5.69 Å². The van der Waals surface area contributed by atoms with E-state index in [0.29, 0.717) is 17.3 Å². The highest BCUT2D eigenvalue weighted by Gasteiger charge is 2.40. The molecule has 1 saturated carbocycles. The van der Waals surface area contributed by atoms with Gasteiger partial charge in [-0.05, 0) is 25.0 Å². The number of anilines is 1. The molecular weight excluding hydrogens is 316 g/mol. The molecule has 23 heavy (non-hydrogen) atoms. The number of nitrogens with one attached hydrogen (secondary N) is 1. The summed E-state index contributed by atoms with van der Waals surface area (Å²) in [6.07, 6.45) is 3.79. The fourth-order valence-electron chi connectivity index (χ4n) is 3.52. The van der Waals surface area contributed by atoms with Crippen LogP contribution < -0.4 is 10.2 Å². The number of aliphatic hydroxyl groups is 1. The Bertz CT molecular complexity index is 614. The topological polar surface area (TPSA) is 69.6 Å². The largest absolute Gasteiger partial charge is 0.394 e. The lowest BCUT2D eigenvalue weighted by Crippen LogP contribution is -2.51. The molecule has 1 unspecified atom stereocenters. The molecule has 2 aliphatic rings. The Hall–Kier alpha value is -1.59. The number of amides is 2. The van der Waals surface area contributed by atoms with Gasteiger partial charge >= 0.3 is 0 Å². The molecular formula is C17H21ClN2O3. The van der Waals surface area contributed by atoms with E-state index in [1.54, 1.807) is 17.0 Å². The fourth-order valence-corrected chi connectivity index (χ4v) is 3.76. The predicted molar refractivity (Wildman–Crippen MR) is 88.3 cm³/mol. The van der Waals surface area contributed by atoms with Crippen molar-refractivity contribution >= 4 is 29.1 Å². The summed E-state index contributed by atoms with van der Waals surface area (Å²) in [5, 5.41) is 13.1. The number of nitrogens with zero attached hydrogens (tertiary/aromatic N) is 1. The van der Waals surface area contributed by atoms with Gasteiger partial charge in [-0.25, -0.2) is 0 Å². The summed E-state index contributed by atoms with van der Waals surface area (Å²) in [6.45, 7) is 0.281. The average Bonchev–Trinajstić information content (AvgIpc) is 3.15. The Labute approximate surface area is 140 Å². The number of carbonyl (C=O) groups excluding carboxylic acids is 2. The summed E-state index contributed by atoms with van der Waals surface area (Å²) in [5.41, 5.74) is 0.144. The Balaban J connectivity index is 1.70. The van der Waals surface area contributed by atoms with E-state index in [2.05, 4.69) is 5.32 Å². The molecule has 0 radical (unpaired) electrons. The van der Waals surface area contributed by atoms with Gasteiger partial charge in [0, 0.05) is 13.0 Å². The molecule has 2 N–H and O–H groups in total. The molecule has 2 fully saturated rings. The smallest absolute Gasteiger partial charge is 0.227 e. The van der Waals surface area contributed by atoms with Gasteiger partial charge in [0.05, 0.1) is 28.8 Å². The summed E-state index contributed by atoms with van der Waals surface area (Å²) in [5.74, 6) is -0.644. The minimum absolute atomic E-state index is 0.0480. The maximum absolute atomic E-state index is 12.5. The van der Waals surface area contributed by atoms with Crippen molar-refractivity contribution in [2.45, 2.75) is 37.6 Å². The van der Waals surface area contributed by atoms with Gasteiger partial charge in [0.15, 0.2) is 0 Å². The van der Waals surface area contributed by atoms with Crippen LogP contribution in [0.1, 0.15) is 32.1 Å². The first-order valence-electron chi connectivity index (χ1n) is 8.02. The van der Waals surface area contributed by atoms with Gasteiger partial charge in [-0.2, -0.15) is 0 Å². The molecule has 1 atom stereocenters. The average molecular weight is 337 g/mol. The maximum Gasteiger partial charge on any atom is 0.227 e.